The Morgan fingerprint density at radius 3 is 2.42 bits per heavy atom. The summed E-state index contributed by atoms with van der Waals surface area (Å²) in [6, 6.07) is 13.5. The van der Waals surface area contributed by atoms with Crippen LogP contribution in [-0.4, -0.2) is 22.8 Å². The van der Waals surface area contributed by atoms with Crippen molar-refractivity contribution in [3.63, 3.8) is 0 Å². The summed E-state index contributed by atoms with van der Waals surface area (Å²) in [5.41, 5.74) is 1.28. The Morgan fingerprint density at radius 2 is 1.77 bits per heavy atom. The van der Waals surface area contributed by atoms with Crippen LogP contribution in [-0.2, 0) is 4.79 Å². The quantitative estimate of drug-likeness (QED) is 0.684. The minimum absolute atomic E-state index is 0.0828. The summed E-state index contributed by atoms with van der Waals surface area (Å²) >= 11 is 7.25. The van der Waals surface area contributed by atoms with Crippen LogP contribution < -0.4 is 10.6 Å². The van der Waals surface area contributed by atoms with Crippen molar-refractivity contribution in [2.45, 2.75) is 19.9 Å². The number of aromatic nitrogens is 1. The van der Waals surface area contributed by atoms with E-state index in [1.807, 2.05) is 38.1 Å². The summed E-state index contributed by atoms with van der Waals surface area (Å²) < 4.78 is 0.995. The van der Waals surface area contributed by atoms with E-state index in [9.17, 15) is 9.59 Å². The van der Waals surface area contributed by atoms with Crippen molar-refractivity contribution in [1.82, 2.24) is 10.3 Å². The number of fused-ring (bicyclic) bond motifs is 1. The second-order valence-corrected chi connectivity index (χ2v) is 7.65. The minimum atomic E-state index is -0.676. The zero-order valence-corrected chi connectivity index (χ0v) is 15.9. The summed E-state index contributed by atoms with van der Waals surface area (Å²) in [6.07, 6.45) is 0. The fourth-order valence-corrected chi connectivity index (χ4v) is 3.46. The first-order valence-corrected chi connectivity index (χ1v) is 9.36. The van der Waals surface area contributed by atoms with E-state index in [4.69, 9.17) is 11.6 Å². The number of anilines is 1. The number of hydrogen-bond donors (Lipinski definition) is 2. The molecule has 134 valence electrons. The van der Waals surface area contributed by atoms with E-state index in [2.05, 4.69) is 15.6 Å². The molecular weight excluding hydrogens is 370 g/mol. The lowest BCUT2D eigenvalue weighted by atomic mass is 10.0. The van der Waals surface area contributed by atoms with E-state index >= 15 is 0 Å². The SMILES string of the molecule is CC(C)[C@@H](NC(=O)c1ccc(Cl)cc1)C(=O)Nc1nc2ccccc2s1. The number of hydrogen-bond acceptors (Lipinski definition) is 4. The van der Waals surface area contributed by atoms with Crippen molar-refractivity contribution >= 4 is 50.1 Å². The first kappa shape index (κ1) is 18.4. The van der Waals surface area contributed by atoms with E-state index < -0.39 is 6.04 Å². The van der Waals surface area contributed by atoms with Crippen LogP contribution in [0.25, 0.3) is 10.2 Å². The van der Waals surface area contributed by atoms with Crippen molar-refractivity contribution < 1.29 is 9.59 Å². The zero-order valence-electron chi connectivity index (χ0n) is 14.3. The third kappa shape index (κ3) is 4.20. The van der Waals surface area contributed by atoms with Crippen molar-refractivity contribution in [2.75, 3.05) is 5.32 Å². The molecule has 0 radical (unpaired) electrons. The predicted molar refractivity (Wildman–Crippen MR) is 106 cm³/mol. The molecule has 0 aliphatic carbocycles. The van der Waals surface area contributed by atoms with Crippen LogP contribution in [0.1, 0.15) is 24.2 Å². The Morgan fingerprint density at radius 1 is 1.08 bits per heavy atom. The number of nitrogens with one attached hydrogen (secondary N) is 2. The monoisotopic (exact) mass is 387 g/mol. The smallest absolute Gasteiger partial charge is 0.251 e. The number of benzene rings is 2. The Kier molecular flexibility index (Phi) is 5.54. The van der Waals surface area contributed by atoms with Gasteiger partial charge in [0, 0.05) is 10.6 Å². The first-order valence-electron chi connectivity index (χ1n) is 8.17. The minimum Gasteiger partial charge on any atom is -0.340 e. The maximum Gasteiger partial charge on any atom is 0.251 e. The van der Waals surface area contributed by atoms with E-state index in [1.165, 1.54) is 11.3 Å². The lowest BCUT2D eigenvalue weighted by Crippen LogP contribution is -2.47. The van der Waals surface area contributed by atoms with Gasteiger partial charge in [-0.2, -0.15) is 0 Å². The molecule has 0 aliphatic heterocycles. The van der Waals surface area contributed by atoms with Crippen molar-refractivity contribution in [1.29, 1.82) is 0 Å². The summed E-state index contributed by atoms with van der Waals surface area (Å²) in [7, 11) is 0. The molecule has 26 heavy (non-hydrogen) atoms. The zero-order chi connectivity index (χ0) is 18.7. The number of thiazole rings is 1. The lowest BCUT2D eigenvalue weighted by Gasteiger charge is -2.21. The molecule has 3 aromatic rings. The molecule has 2 aromatic carbocycles. The molecular formula is C19H18ClN3O2S. The van der Waals surface area contributed by atoms with Gasteiger partial charge in [0.1, 0.15) is 6.04 Å². The van der Waals surface area contributed by atoms with Crippen LogP contribution in [0.15, 0.2) is 48.5 Å². The Labute approximate surface area is 160 Å². The van der Waals surface area contributed by atoms with Crippen molar-refractivity contribution in [2.24, 2.45) is 5.92 Å². The van der Waals surface area contributed by atoms with Gasteiger partial charge in [-0.15, -0.1) is 0 Å². The number of carbonyl (C=O) groups excluding carboxylic acids is 2. The van der Waals surface area contributed by atoms with Gasteiger partial charge in [0.15, 0.2) is 5.13 Å². The van der Waals surface area contributed by atoms with Gasteiger partial charge in [0.05, 0.1) is 10.2 Å². The molecule has 0 saturated carbocycles. The Bertz CT molecular complexity index is 904. The topological polar surface area (TPSA) is 71.1 Å². The molecule has 1 heterocycles. The molecule has 0 unspecified atom stereocenters. The molecule has 0 bridgehead atoms. The average molecular weight is 388 g/mol. The van der Waals surface area contributed by atoms with Gasteiger partial charge >= 0.3 is 0 Å². The summed E-state index contributed by atoms with van der Waals surface area (Å²) in [5.74, 6) is -0.693. The fraction of sp³-hybridized carbons (Fsp3) is 0.211. The van der Waals surface area contributed by atoms with Crippen molar-refractivity contribution in [3.8, 4) is 0 Å². The highest BCUT2D eigenvalue weighted by molar-refractivity contribution is 7.22. The van der Waals surface area contributed by atoms with E-state index in [1.54, 1.807) is 24.3 Å². The van der Waals surface area contributed by atoms with E-state index in [0.29, 0.717) is 15.7 Å². The summed E-state index contributed by atoms with van der Waals surface area (Å²) in [5, 5.41) is 6.67. The number of amides is 2. The molecule has 0 fully saturated rings. The number of halogens is 1. The number of nitrogens with zero attached hydrogens (tertiary/aromatic N) is 1. The maximum atomic E-state index is 12.7. The second kappa shape index (κ2) is 7.85. The van der Waals surface area contributed by atoms with Gasteiger partial charge in [-0.05, 0) is 42.3 Å². The second-order valence-electron chi connectivity index (χ2n) is 6.18. The first-order chi connectivity index (χ1) is 12.4. The van der Waals surface area contributed by atoms with Crippen molar-refractivity contribution in [3.05, 3.63) is 59.1 Å². The average Bonchev–Trinajstić information content (AvgIpc) is 3.01. The normalized spacial score (nSPS) is 12.2. The van der Waals surface area contributed by atoms with Gasteiger partial charge in [0.2, 0.25) is 5.91 Å². The van der Waals surface area contributed by atoms with Crippen LogP contribution in [0.2, 0.25) is 5.02 Å². The van der Waals surface area contributed by atoms with Crippen LogP contribution in [0.5, 0.6) is 0 Å². The largest absolute Gasteiger partial charge is 0.340 e. The van der Waals surface area contributed by atoms with Crippen LogP contribution >= 0.6 is 22.9 Å². The highest BCUT2D eigenvalue weighted by atomic mass is 35.5. The van der Waals surface area contributed by atoms with Crippen LogP contribution in [0.4, 0.5) is 5.13 Å². The van der Waals surface area contributed by atoms with Crippen LogP contribution in [0, 0.1) is 5.92 Å². The van der Waals surface area contributed by atoms with Gasteiger partial charge in [-0.1, -0.05) is 48.9 Å². The molecule has 1 aromatic heterocycles. The van der Waals surface area contributed by atoms with Gasteiger partial charge in [-0.3, -0.25) is 9.59 Å². The van der Waals surface area contributed by atoms with Gasteiger partial charge in [-0.25, -0.2) is 4.98 Å². The van der Waals surface area contributed by atoms with E-state index in [0.717, 1.165) is 10.2 Å². The third-order valence-electron chi connectivity index (χ3n) is 3.87. The molecule has 1 atom stereocenters. The molecule has 0 aliphatic rings. The van der Waals surface area contributed by atoms with Gasteiger partial charge in [0.25, 0.3) is 5.91 Å². The molecule has 2 N–H and O–H groups in total. The molecule has 5 nitrogen and oxygen atoms in total. The number of carbonyl (C=O) groups is 2. The predicted octanol–water partition coefficient (Wildman–Crippen LogP) is 4.34. The Balaban J connectivity index is 1.73. The summed E-state index contributed by atoms with van der Waals surface area (Å²) in [4.78, 5) is 29.5. The number of rotatable bonds is 5. The van der Waals surface area contributed by atoms with E-state index in [-0.39, 0.29) is 17.7 Å². The summed E-state index contributed by atoms with van der Waals surface area (Å²) in [6.45, 7) is 3.76. The highest BCUT2D eigenvalue weighted by Gasteiger charge is 2.25. The molecule has 3 rings (SSSR count). The Hall–Kier alpha value is -2.44. The maximum absolute atomic E-state index is 12.7. The number of para-hydroxylation sites is 1. The van der Waals surface area contributed by atoms with Crippen LogP contribution in [0.3, 0.4) is 0 Å². The third-order valence-corrected chi connectivity index (χ3v) is 5.07. The highest BCUT2D eigenvalue weighted by Crippen LogP contribution is 2.25. The molecule has 0 spiro atoms. The fourth-order valence-electron chi connectivity index (χ4n) is 2.47. The molecule has 0 saturated heterocycles. The lowest BCUT2D eigenvalue weighted by molar-refractivity contribution is -0.118. The molecule has 7 heteroatoms. The standard InChI is InChI=1S/C19H18ClN3O2S/c1-11(2)16(22-17(24)12-7-9-13(20)10-8-12)18(25)23-19-21-14-5-3-4-6-15(14)26-19/h3-11,16H,1-2H3,(H,22,24)(H,21,23,25)/t16-/m1/s1. The van der Waals surface area contributed by atoms with Gasteiger partial charge < -0.3 is 10.6 Å². The molecule has 2 amide bonds.